The van der Waals surface area contributed by atoms with Gasteiger partial charge in [0.15, 0.2) is 0 Å². The number of carbonyl (C=O) groups excluding carboxylic acids is 1. The third kappa shape index (κ3) is 2.94. The molecule has 0 unspecified atom stereocenters. The summed E-state index contributed by atoms with van der Waals surface area (Å²) < 4.78 is 13.8. The molecule has 0 heterocycles. The normalized spacial score (nSPS) is 17.7. The van der Waals surface area contributed by atoms with Gasteiger partial charge >= 0.3 is 0 Å². The quantitative estimate of drug-likeness (QED) is 0.790. The highest BCUT2D eigenvalue weighted by atomic mass is 79.9. The molecule has 1 aliphatic rings. The number of rotatable bonds is 3. The van der Waals surface area contributed by atoms with Gasteiger partial charge in [0.05, 0.1) is 10.0 Å². The summed E-state index contributed by atoms with van der Waals surface area (Å²) in [5.41, 5.74) is 0.198. The first-order valence-electron chi connectivity index (χ1n) is 5.90. The van der Waals surface area contributed by atoms with E-state index in [0.29, 0.717) is 10.0 Å². The van der Waals surface area contributed by atoms with E-state index in [1.807, 2.05) is 0 Å². The minimum atomic E-state index is -0.415. The topological polar surface area (TPSA) is 29.1 Å². The molecule has 0 spiro atoms. The maximum atomic E-state index is 13.4. The van der Waals surface area contributed by atoms with Crippen LogP contribution >= 0.6 is 31.9 Å². The summed E-state index contributed by atoms with van der Waals surface area (Å²) in [5.74, 6) is -0.621. The first-order valence-corrected chi connectivity index (χ1v) is 7.81. The van der Waals surface area contributed by atoms with Gasteiger partial charge < -0.3 is 5.32 Å². The van der Waals surface area contributed by atoms with Gasteiger partial charge in [0.1, 0.15) is 5.82 Å². The van der Waals surface area contributed by atoms with Crippen LogP contribution in [0.25, 0.3) is 0 Å². The number of hydrogen-bond acceptors (Lipinski definition) is 1. The van der Waals surface area contributed by atoms with Crippen molar-refractivity contribution in [3.63, 3.8) is 0 Å². The number of carbonyl (C=O) groups is 1. The zero-order valence-corrected chi connectivity index (χ0v) is 13.0. The van der Waals surface area contributed by atoms with Gasteiger partial charge in [-0.3, -0.25) is 4.79 Å². The average molecular weight is 379 g/mol. The number of halogens is 3. The van der Waals surface area contributed by atoms with Crippen molar-refractivity contribution in [2.75, 3.05) is 5.33 Å². The van der Waals surface area contributed by atoms with Crippen molar-refractivity contribution >= 4 is 37.8 Å². The minimum absolute atomic E-state index is 0.166. The highest BCUT2D eigenvalue weighted by Crippen LogP contribution is 2.31. The molecule has 1 N–H and O–H groups in total. The van der Waals surface area contributed by atoms with Crippen LogP contribution in [-0.4, -0.2) is 16.8 Å². The molecule has 1 saturated carbocycles. The van der Waals surface area contributed by atoms with E-state index >= 15 is 0 Å². The maximum Gasteiger partial charge on any atom is 0.251 e. The molecule has 0 bridgehead atoms. The first-order chi connectivity index (χ1) is 8.56. The lowest BCUT2D eigenvalue weighted by atomic mass is 10.00. The molecule has 2 nitrogen and oxygen atoms in total. The van der Waals surface area contributed by atoms with E-state index in [0.717, 1.165) is 31.0 Å². The Labute approximate surface area is 123 Å². The Morgan fingerprint density at radius 2 is 2.06 bits per heavy atom. The Hall–Kier alpha value is -0.420. The fraction of sp³-hybridized carbons (Fsp3) is 0.462. The zero-order valence-electron chi connectivity index (χ0n) is 9.81. The molecule has 98 valence electrons. The van der Waals surface area contributed by atoms with E-state index in [9.17, 15) is 9.18 Å². The monoisotopic (exact) mass is 377 g/mol. The third-order valence-corrected chi connectivity index (χ3v) is 5.09. The molecule has 1 aromatic rings. The van der Waals surface area contributed by atoms with Crippen LogP contribution in [0.1, 0.15) is 36.0 Å². The molecule has 0 radical (unpaired) electrons. The number of benzene rings is 1. The number of amides is 1. The summed E-state index contributed by atoms with van der Waals surface area (Å²) in [6.07, 6.45) is 4.20. The van der Waals surface area contributed by atoms with E-state index in [4.69, 9.17) is 0 Å². The van der Waals surface area contributed by atoms with Crippen molar-refractivity contribution in [1.29, 1.82) is 0 Å². The van der Waals surface area contributed by atoms with Gasteiger partial charge in [0.2, 0.25) is 0 Å². The van der Waals surface area contributed by atoms with Gasteiger partial charge in [-0.25, -0.2) is 4.39 Å². The molecular formula is C13H14Br2FNO. The van der Waals surface area contributed by atoms with Crippen LogP contribution in [0.15, 0.2) is 22.7 Å². The Morgan fingerprint density at radius 3 is 2.61 bits per heavy atom. The van der Waals surface area contributed by atoms with Crippen LogP contribution in [-0.2, 0) is 0 Å². The van der Waals surface area contributed by atoms with Crippen LogP contribution in [0, 0.1) is 5.82 Å². The SMILES string of the molecule is O=C(NC1(CBr)CCCC1)c1ccc(Br)c(F)c1. The summed E-state index contributed by atoms with van der Waals surface area (Å²) in [6, 6.07) is 4.44. The predicted octanol–water partition coefficient (Wildman–Crippen LogP) is 4.03. The van der Waals surface area contributed by atoms with E-state index in [1.54, 1.807) is 12.1 Å². The summed E-state index contributed by atoms with van der Waals surface area (Å²) in [6.45, 7) is 0. The lowest BCUT2D eigenvalue weighted by Gasteiger charge is -2.28. The highest BCUT2D eigenvalue weighted by molar-refractivity contribution is 9.10. The van der Waals surface area contributed by atoms with Gasteiger partial charge in [-0.15, -0.1) is 0 Å². The standard InChI is InChI=1S/C13H14Br2FNO/c14-8-13(5-1-2-6-13)17-12(18)9-3-4-10(15)11(16)7-9/h3-4,7H,1-2,5-6,8H2,(H,17,18). The Balaban J connectivity index is 2.13. The molecule has 1 fully saturated rings. The maximum absolute atomic E-state index is 13.4. The second kappa shape index (κ2) is 5.70. The number of hydrogen-bond donors (Lipinski definition) is 1. The first kappa shape index (κ1) is 14.0. The lowest BCUT2D eigenvalue weighted by molar-refractivity contribution is 0.0910. The van der Waals surface area contributed by atoms with E-state index in [-0.39, 0.29) is 11.4 Å². The summed E-state index contributed by atoms with van der Waals surface area (Å²) >= 11 is 6.54. The molecule has 1 aliphatic carbocycles. The summed E-state index contributed by atoms with van der Waals surface area (Å²) in [4.78, 5) is 12.1. The number of alkyl halides is 1. The van der Waals surface area contributed by atoms with Crippen molar-refractivity contribution in [2.45, 2.75) is 31.2 Å². The molecule has 1 aromatic carbocycles. The Kier molecular flexibility index (Phi) is 4.43. The fourth-order valence-corrected chi connectivity index (χ4v) is 3.24. The van der Waals surface area contributed by atoms with Crippen molar-refractivity contribution < 1.29 is 9.18 Å². The zero-order chi connectivity index (χ0) is 13.2. The largest absolute Gasteiger partial charge is 0.346 e. The molecule has 2 rings (SSSR count). The fourth-order valence-electron chi connectivity index (χ4n) is 2.29. The van der Waals surface area contributed by atoms with E-state index in [2.05, 4.69) is 37.2 Å². The van der Waals surface area contributed by atoms with Gasteiger partial charge in [-0.05, 0) is 47.0 Å². The van der Waals surface area contributed by atoms with E-state index in [1.165, 1.54) is 6.07 Å². The van der Waals surface area contributed by atoms with Crippen molar-refractivity contribution in [3.05, 3.63) is 34.1 Å². The molecule has 1 amide bonds. The van der Waals surface area contributed by atoms with Crippen LogP contribution in [0.2, 0.25) is 0 Å². The molecule has 0 aromatic heterocycles. The molecule has 5 heteroatoms. The molecule has 0 aliphatic heterocycles. The van der Waals surface area contributed by atoms with Gasteiger partial charge in [0.25, 0.3) is 5.91 Å². The van der Waals surface area contributed by atoms with Gasteiger partial charge in [0, 0.05) is 10.9 Å². The predicted molar refractivity (Wildman–Crippen MR) is 76.6 cm³/mol. The van der Waals surface area contributed by atoms with E-state index < -0.39 is 5.82 Å². The summed E-state index contributed by atoms with van der Waals surface area (Å²) in [7, 11) is 0. The molecule has 0 atom stereocenters. The third-order valence-electron chi connectivity index (χ3n) is 3.38. The summed E-state index contributed by atoms with van der Waals surface area (Å²) in [5, 5.41) is 3.78. The Bertz CT molecular complexity index is 458. The Morgan fingerprint density at radius 1 is 1.39 bits per heavy atom. The molecule has 18 heavy (non-hydrogen) atoms. The van der Waals surface area contributed by atoms with Crippen molar-refractivity contribution in [1.82, 2.24) is 5.32 Å². The van der Waals surface area contributed by atoms with Crippen LogP contribution < -0.4 is 5.32 Å². The number of nitrogens with one attached hydrogen (secondary N) is 1. The smallest absolute Gasteiger partial charge is 0.251 e. The van der Waals surface area contributed by atoms with Gasteiger partial charge in [-0.1, -0.05) is 28.8 Å². The lowest BCUT2D eigenvalue weighted by Crippen LogP contribution is -2.47. The molecular weight excluding hydrogens is 365 g/mol. The van der Waals surface area contributed by atoms with Crippen LogP contribution in [0.5, 0.6) is 0 Å². The van der Waals surface area contributed by atoms with Crippen molar-refractivity contribution in [3.8, 4) is 0 Å². The minimum Gasteiger partial charge on any atom is -0.346 e. The van der Waals surface area contributed by atoms with Crippen LogP contribution in [0.4, 0.5) is 4.39 Å². The average Bonchev–Trinajstić information content (AvgIpc) is 2.82. The highest BCUT2D eigenvalue weighted by Gasteiger charge is 2.34. The van der Waals surface area contributed by atoms with Gasteiger partial charge in [-0.2, -0.15) is 0 Å². The van der Waals surface area contributed by atoms with Crippen molar-refractivity contribution in [2.24, 2.45) is 0 Å². The van der Waals surface area contributed by atoms with Crippen LogP contribution in [0.3, 0.4) is 0 Å². The second-order valence-electron chi connectivity index (χ2n) is 4.70. The molecule has 0 saturated heterocycles. The second-order valence-corrected chi connectivity index (χ2v) is 6.12.